The minimum absolute atomic E-state index is 0.00624. The van der Waals surface area contributed by atoms with E-state index in [-0.39, 0.29) is 42.4 Å². The van der Waals surface area contributed by atoms with Crippen LogP contribution in [0.15, 0.2) is 23.1 Å². The lowest BCUT2D eigenvalue weighted by atomic mass is 10.2. The van der Waals surface area contributed by atoms with Crippen molar-refractivity contribution >= 4 is 48.5 Å². The molecule has 28 heavy (non-hydrogen) atoms. The second-order valence-electron chi connectivity index (χ2n) is 6.93. The summed E-state index contributed by atoms with van der Waals surface area (Å²) in [5.41, 5.74) is -3.73. The summed E-state index contributed by atoms with van der Waals surface area (Å²) in [6, 6.07) is 4.46. The maximum absolute atomic E-state index is 12.7. The van der Waals surface area contributed by atoms with Crippen molar-refractivity contribution in [1.29, 1.82) is 0 Å². The largest absolute Gasteiger partial charge is 0.442 e. The number of rotatable bonds is 7. The maximum atomic E-state index is 12.7. The average Bonchev–Trinajstić information content (AvgIpc) is 3.33. The van der Waals surface area contributed by atoms with Gasteiger partial charge < -0.3 is 10.4 Å². The molecule has 4 rings (SSSR count). The molecule has 0 bridgehead atoms. The lowest BCUT2D eigenvalue weighted by molar-refractivity contribution is -0.0341. The van der Waals surface area contributed by atoms with E-state index in [1.165, 1.54) is 23.5 Å². The zero-order valence-electron chi connectivity index (χ0n) is 14.5. The van der Waals surface area contributed by atoms with E-state index >= 15 is 0 Å². The molecule has 12 heteroatoms. The van der Waals surface area contributed by atoms with Crippen LogP contribution in [-0.2, 0) is 10.0 Å². The highest BCUT2D eigenvalue weighted by atomic mass is 32.2. The maximum Gasteiger partial charge on any atom is 0.442 e. The molecule has 1 aliphatic heterocycles. The summed E-state index contributed by atoms with van der Waals surface area (Å²) in [5, 5.41) is 12.5. The topological polar surface area (TPSA) is 82.5 Å². The fourth-order valence-corrected chi connectivity index (χ4v) is 6.78. The van der Waals surface area contributed by atoms with Crippen LogP contribution < -0.4 is 5.32 Å². The highest BCUT2D eigenvalue weighted by Gasteiger charge is 2.43. The number of hydrogen-bond donors (Lipinski definition) is 2. The second kappa shape index (κ2) is 7.31. The van der Waals surface area contributed by atoms with Gasteiger partial charge in [0.1, 0.15) is 0 Å². The molecule has 2 aromatic rings. The molecule has 1 unspecified atom stereocenters. The lowest BCUT2D eigenvalue weighted by Gasteiger charge is -2.37. The number of fused-ring (bicyclic) bond motifs is 1. The van der Waals surface area contributed by atoms with Crippen LogP contribution in [-0.4, -0.2) is 59.3 Å². The summed E-state index contributed by atoms with van der Waals surface area (Å²) in [5.74, 6) is 0.432. The van der Waals surface area contributed by atoms with Gasteiger partial charge in [-0.15, -0.1) is 0 Å². The Balaban J connectivity index is 1.48. The van der Waals surface area contributed by atoms with Crippen molar-refractivity contribution in [2.24, 2.45) is 5.92 Å². The first-order valence-corrected chi connectivity index (χ1v) is 11.8. The van der Waals surface area contributed by atoms with E-state index in [1.54, 1.807) is 6.07 Å². The minimum Gasteiger partial charge on any atom is -0.394 e. The van der Waals surface area contributed by atoms with Crippen LogP contribution in [0.5, 0.6) is 0 Å². The van der Waals surface area contributed by atoms with Gasteiger partial charge in [0.2, 0.25) is 10.0 Å². The monoisotopic (exact) mass is 453 g/mol. The predicted molar refractivity (Wildman–Crippen MR) is 103 cm³/mol. The molecule has 1 aromatic heterocycles. The van der Waals surface area contributed by atoms with Gasteiger partial charge in [-0.05, 0) is 48.7 Å². The summed E-state index contributed by atoms with van der Waals surface area (Å²) in [4.78, 5) is 4.47. The van der Waals surface area contributed by atoms with Crippen LogP contribution in [0.25, 0.3) is 10.2 Å². The third-order valence-electron chi connectivity index (χ3n) is 4.81. The van der Waals surface area contributed by atoms with Gasteiger partial charge in [0.05, 0.1) is 27.8 Å². The summed E-state index contributed by atoms with van der Waals surface area (Å²) in [6.07, 6.45) is 2.13. The number of anilines is 1. The molecule has 1 saturated carbocycles. The van der Waals surface area contributed by atoms with E-state index in [2.05, 4.69) is 10.3 Å². The Labute approximate surface area is 168 Å². The molecule has 2 fully saturated rings. The second-order valence-corrected chi connectivity index (χ2v) is 11.3. The number of aromatic nitrogens is 1. The number of aliphatic hydroxyl groups excluding tert-OH is 1. The normalized spacial score (nSPS) is 20.3. The smallest absolute Gasteiger partial charge is 0.394 e. The number of nitrogens with zero attached hydrogens (tertiary/aromatic N) is 2. The molecule has 0 radical (unpaired) electrons. The first-order valence-electron chi connectivity index (χ1n) is 8.68. The predicted octanol–water partition coefficient (Wildman–Crippen LogP) is 3.11. The van der Waals surface area contributed by atoms with E-state index in [4.69, 9.17) is 0 Å². The van der Waals surface area contributed by atoms with Gasteiger partial charge in [0, 0.05) is 18.3 Å². The fraction of sp³-hybridized carbons (Fsp3) is 0.562. The third kappa shape index (κ3) is 4.25. The van der Waals surface area contributed by atoms with Gasteiger partial charge >= 0.3 is 5.51 Å². The van der Waals surface area contributed by atoms with E-state index in [0.717, 1.165) is 17.1 Å². The van der Waals surface area contributed by atoms with E-state index in [1.807, 2.05) is 0 Å². The Morgan fingerprint density at radius 1 is 1.36 bits per heavy atom. The number of benzene rings is 1. The Morgan fingerprint density at radius 2 is 2.07 bits per heavy atom. The SMILES string of the molecule is O=S(=O)(c1ccc2nc(NC(CO)C3CC3)sc2c1)N1CC(SC(F)(F)F)C1. The molecule has 0 amide bonds. The fourth-order valence-electron chi connectivity index (χ4n) is 3.11. The number of aliphatic hydroxyl groups is 1. The van der Waals surface area contributed by atoms with Crippen LogP contribution in [0.3, 0.4) is 0 Å². The van der Waals surface area contributed by atoms with E-state index in [0.29, 0.717) is 21.3 Å². The number of nitrogens with one attached hydrogen (secondary N) is 1. The van der Waals surface area contributed by atoms with Gasteiger partial charge in [0.25, 0.3) is 0 Å². The molecule has 6 nitrogen and oxygen atoms in total. The molecule has 154 valence electrons. The van der Waals surface area contributed by atoms with Crippen molar-refractivity contribution in [3.63, 3.8) is 0 Å². The van der Waals surface area contributed by atoms with Crippen molar-refractivity contribution in [1.82, 2.24) is 9.29 Å². The molecule has 2 heterocycles. The summed E-state index contributed by atoms with van der Waals surface area (Å²) >= 11 is 1.13. The number of hydrogen-bond acceptors (Lipinski definition) is 7. The first kappa shape index (κ1) is 20.2. The number of thiazole rings is 1. The van der Waals surface area contributed by atoms with Crippen molar-refractivity contribution in [2.75, 3.05) is 25.0 Å². The van der Waals surface area contributed by atoms with Crippen LogP contribution in [0.1, 0.15) is 12.8 Å². The molecular formula is C16H18F3N3O3S3. The van der Waals surface area contributed by atoms with Gasteiger partial charge in [-0.25, -0.2) is 13.4 Å². The van der Waals surface area contributed by atoms with Gasteiger partial charge in [-0.2, -0.15) is 17.5 Å². The molecule has 2 aliphatic rings. The number of halogens is 3. The summed E-state index contributed by atoms with van der Waals surface area (Å²) < 4.78 is 64.2. The van der Waals surface area contributed by atoms with Crippen LogP contribution in [0, 0.1) is 5.92 Å². The Hall–Kier alpha value is -1.08. The third-order valence-corrected chi connectivity index (χ3v) is 8.48. The van der Waals surface area contributed by atoms with E-state index < -0.39 is 20.8 Å². The molecule has 0 spiro atoms. The zero-order valence-corrected chi connectivity index (χ0v) is 17.0. The van der Waals surface area contributed by atoms with Crippen molar-refractivity contribution in [2.45, 2.75) is 34.5 Å². The zero-order chi connectivity index (χ0) is 20.1. The molecule has 1 atom stereocenters. The lowest BCUT2D eigenvalue weighted by Crippen LogP contribution is -2.52. The highest BCUT2D eigenvalue weighted by molar-refractivity contribution is 8.01. The number of thioether (sulfide) groups is 1. The Kier molecular flexibility index (Phi) is 5.28. The number of sulfonamides is 1. The molecular weight excluding hydrogens is 435 g/mol. The first-order chi connectivity index (χ1) is 13.2. The Bertz CT molecular complexity index is 970. The molecule has 1 aliphatic carbocycles. The number of alkyl halides is 3. The molecule has 1 saturated heterocycles. The van der Waals surface area contributed by atoms with Crippen molar-refractivity contribution in [3.05, 3.63) is 18.2 Å². The van der Waals surface area contributed by atoms with Gasteiger partial charge in [0.15, 0.2) is 5.13 Å². The van der Waals surface area contributed by atoms with Crippen molar-refractivity contribution < 1.29 is 26.7 Å². The van der Waals surface area contributed by atoms with E-state index in [9.17, 15) is 26.7 Å². The molecule has 2 N–H and O–H groups in total. The van der Waals surface area contributed by atoms with Crippen molar-refractivity contribution in [3.8, 4) is 0 Å². The van der Waals surface area contributed by atoms with Gasteiger partial charge in [-0.1, -0.05) is 11.3 Å². The highest BCUT2D eigenvalue weighted by Crippen LogP contribution is 2.40. The molecule has 1 aromatic carbocycles. The summed E-state index contributed by atoms with van der Waals surface area (Å²) in [7, 11) is -3.83. The summed E-state index contributed by atoms with van der Waals surface area (Å²) in [6.45, 7) is -0.300. The van der Waals surface area contributed by atoms with Gasteiger partial charge in [-0.3, -0.25) is 0 Å². The van der Waals surface area contributed by atoms with Crippen LogP contribution in [0.4, 0.5) is 18.3 Å². The quantitative estimate of drug-likeness (QED) is 0.671. The standard InChI is InChI=1S/C16H18F3N3O3S3/c17-16(18,19)27-10-6-22(7-10)28(24,25)11-3-4-12-14(5-11)26-15(20-12)21-13(8-23)9-1-2-9/h3-5,9-10,13,23H,1-2,6-8H2,(H,20,21). The average molecular weight is 454 g/mol. The van der Waals surface area contributed by atoms with Crippen LogP contribution in [0.2, 0.25) is 0 Å². The minimum atomic E-state index is -4.36. The van der Waals surface area contributed by atoms with Crippen LogP contribution >= 0.6 is 23.1 Å². The Morgan fingerprint density at radius 3 is 2.68 bits per heavy atom.